The van der Waals surface area contributed by atoms with Crippen molar-refractivity contribution in [3.63, 3.8) is 0 Å². The smallest absolute Gasteiger partial charge is 0.303 e. The average molecular weight is 293 g/mol. The first-order valence-corrected chi connectivity index (χ1v) is 6.77. The lowest BCUT2D eigenvalue weighted by Crippen LogP contribution is -2.44. The molecule has 0 spiro atoms. The minimum atomic E-state index is -0.868. The number of hydrogen-bond donors (Lipinski definition) is 2. The number of fused-ring (bicyclic) bond motifs is 1. The van der Waals surface area contributed by atoms with Crippen LogP contribution >= 0.6 is 0 Å². The molecular weight excluding hydrogens is 274 g/mol. The van der Waals surface area contributed by atoms with E-state index in [1.807, 2.05) is 19.9 Å². The van der Waals surface area contributed by atoms with Gasteiger partial charge in [0.1, 0.15) is 0 Å². The molecule has 0 atom stereocenters. The van der Waals surface area contributed by atoms with E-state index in [4.69, 9.17) is 14.6 Å². The van der Waals surface area contributed by atoms with E-state index in [0.29, 0.717) is 17.9 Å². The summed E-state index contributed by atoms with van der Waals surface area (Å²) >= 11 is 0. The largest absolute Gasteiger partial charge is 0.481 e. The number of carbonyl (C=O) groups excluding carboxylic acids is 1. The van der Waals surface area contributed by atoms with Gasteiger partial charge in [0, 0.05) is 12.0 Å². The van der Waals surface area contributed by atoms with Crippen molar-refractivity contribution in [2.75, 3.05) is 6.79 Å². The monoisotopic (exact) mass is 293 g/mol. The molecule has 1 aromatic carbocycles. The van der Waals surface area contributed by atoms with Crippen LogP contribution in [0.1, 0.15) is 32.3 Å². The standard InChI is InChI=1S/C15H19NO5/c1-15(2,6-5-14(18)19)16-13(17)8-10-3-4-11-12(7-10)21-9-20-11/h3-4,7H,5-6,8-9H2,1-2H3,(H,16,17)(H,18,19). The van der Waals surface area contributed by atoms with Crippen LogP contribution in [-0.4, -0.2) is 29.3 Å². The predicted molar refractivity (Wildman–Crippen MR) is 75.4 cm³/mol. The van der Waals surface area contributed by atoms with Gasteiger partial charge in [-0.1, -0.05) is 6.07 Å². The quantitative estimate of drug-likeness (QED) is 0.834. The zero-order valence-electron chi connectivity index (χ0n) is 12.1. The van der Waals surface area contributed by atoms with E-state index in [9.17, 15) is 9.59 Å². The molecule has 6 nitrogen and oxygen atoms in total. The van der Waals surface area contributed by atoms with Crippen molar-refractivity contribution < 1.29 is 24.2 Å². The Morgan fingerprint density at radius 2 is 2.00 bits per heavy atom. The summed E-state index contributed by atoms with van der Waals surface area (Å²) in [6.45, 7) is 3.83. The molecule has 0 unspecified atom stereocenters. The van der Waals surface area contributed by atoms with Crippen LogP contribution in [0.15, 0.2) is 18.2 Å². The highest BCUT2D eigenvalue weighted by Gasteiger charge is 2.22. The number of aliphatic carboxylic acids is 1. The number of hydrogen-bond acceptors (Lipinski definition) is 4. The summed E-state index contributed by atoms with van der Waals surface area (Å²) < 4.78 is 10.5. The number of ether oxygens (including phenoxy) is 2. The van der Waals surface area contributed by atoms with Gasteiger partial charge in [-0.05, 0) is 38.0 Å². The van der Waals surface area contributed by atoms with Crippen LogP contribution in [0.5, 0.6) is 11.5 Å². The van der Waals surface area contributed by atoms with Crippen molar-refractivity contribution in [2.45, 2.75) is 38.6 Å². The average Bonchev–Trinajstić information content (AvgIpc) is 2.83. The third-order valence-electron chi connectivity index (χ3n) is 3.24. The summed E-state index contributed by atoms with van der Waals surface area (Å²) in [4.78, 5) is 22.6. The zero-order valence-corrected chi connectivity index (χ0v) is 12.1. The third kappa shape index (κ3) is 4.37. The molecule has 2 N–H and O–H groups in total. The lowest BCUT2D eigenvalue weighted by Gasteiger charge is -2.25. The van der Waals surface area contributed by atoms with Crippen LogP contribution in [0.3, 0.4) is 0 Å². The first kappa shape index (κ1) is 15.2. The van der Waals surface area contributed by atoms with Crippen LogP contribution in [0, 0.1) is 0 Å². The van der Waals surface area contributed by atoms with E-state index in [1.54, 1.807) is 12.1 Å². The molecule has 0 bridgehead atoms. The molecule has 114 valence electrons. The Labute approximate surface area is 123 Å². The molecule has 1 aliphatic rings. The van der Waals surface area contributed by atoms with Crippen molar-refractivity contribution in [1.82, 2.24) is 5.32 Å². The summed E-state index contributed by atoms with van der Waals surface area (Å²) in [5.74, 6) is 0.309. The van der Waals surface area contributed by atoms with Gasteiger partial charge in [0.2, 0.25) is 12.7 Å². The molecule has 21 heavy (non-hydrogen) atoms. The second-order valence-corrected chi connectivity index (χ2v) is 5.69. The third-order valence-corrected chi connectivity index (χ3v) is 3.24. The van der Waals surface area contributed by atoms with Gasteiger partial charge in [-0.15, -0.1) is 0 Å². The summed E-state index contributed by atoms with van der Waals surface area (Å²) in [5.41, 5.74) is 0.275. The number of carboxylic acids is 1. The lowest BCUT2D eigenvalue weighted by atomic mass is 9.98. The number of carboxylic acid groups (broad SMARTS) is 1. The number of benzene rings is 1. The fraction of sp³-hybridized carbons (Fsp3) is 0.467. The summed E-state index contributed by atoms with van der Waals surface area (Å²) in [6, 6.07) is 5.38. The Hall–Kier alpha value is -2.24. The van der Waals surface area contributed by atoms with Gasteiger partial charge in [-0.2, -0.15) is 0 Å². The predicted octanol–water partition coefficient (Wildman–Crippen LogP) is 1.72. The molecule has 0 radical (unpaired) electrons. The molecule has 1 aromatic rings. The Morgan fingerprint density at radius 3 is 2.71 bits per heavy atom. The summed E-state index contributed by atoms with van der Waals surface area (Å²) in [5, 5.41) is 11.6. The van der Waals surface area contributed by atoms with Crippen molar-refractivity contribution in [2.24, 2.45) is 0 Å². The number of nitrogens with one attached hydrogen (secondary N) is 1. The molecule has 0 saturated heterocycles. The maximum absolute atomic E-state index is 12.0. The minimum absolute atomic E-state index is 0.0251. The van der Waals surface area contributed by atoms with E-state index in [1.165, 1.54) is 0 Å². The fourth-order valence-electron chi connectivity index (χ4n) is 2.14. The highest BCUT2D eigenvalue weighted by molar-refractivity contribution is 5.79. The molecule has 0 aromatic heterocycles. The van der Waals surface area contributed by atoms with Crippen LogP contribution < -0.4 is 14.8 Å². The number of carbonyl (C=O) groups is 2. The number of amides is 1. The minimum Gasteiger partial charge on any atom is -0.481 e. The molecule has 0 fully saturated rings. The van der Waals surface area contributed by atoms with E-state index in [0.717, 1.165) is 5.56 Å². The molecule has 1 heterocycles. The summed E-state index contributed by atoms with van der Waals surface area (Å²) in [7, 11) is 0. The highest BCUT2D eigenvalue weighted by Crippen LogP contribution is 2.32. The van der Waals surface area contributed by atoms with Crippen molar-refractivity contribution in [3.8, 4) is 11.5 Å². The Kier molecular flexibility index (Phi) is 4.35. The summed E-state index contributed by atoms with van der Waals surface area (Å²) in [6.07, 6.45) is 0.625. The SMILES string of the molecule is CC(C)(CCC(=O)O)NC(=O)Cc1ccc2c(c1)OCO2. The topological polar surface area (TPSA) is 84.9 Å². The van der Waals surface area contributed by atoms with Crippen molar-refractivity contribution in [3.05, 3.63) is 23.8 Å². The molecule has 1 amide bonds. The normalized spacial score (nSPS) is 13.0. The maximum atomic E-state index is 12.0. The lowest BCUT2D eigenvalue weighted by molar-refractivity contribution is -0.137. The molecular formula is C15H19NO5. The van der Waals surface area contributed by atoms with E-state index in [2.05, 4.69) is 5.32 Å². The fourth-order valence-corrected chi connectivity index (χ4v) is 2.14. The first-order chi connectivity index (χ1) is 9.85. The van der Waals surface area contributed by atoms with Crippen LogP contribution in [-0.2, 0) is 16.0 Å². The zero-order chi connectivity index (χ0) is 15.5. The second kappa shape index (κ2) is 6.03. The maximum Gasteiger partial charge on any atom is 0.303 e. The second-order valence-electron chi connectivity index (χ2n) is 5.69. The van der Waals surface area contributed by atoms with Gasteiger partial charge in [0.15, 0.2) is 11.5 Å². The molecule has 2 rings (SSSR count). The molecule has 6 heteroatoms. The van der Waals surface area contributed by atoms with Gasteiger partial charge < -0.3 is 19.9 Å². The van der Waals surface area contributed by atoms with Crippen molar-refractivity contribution in [1.29, 1.82) is 0 Å². The van der Waals surface area contributed by atoms with Gasteiger partial charge in [-0.3, -0.25) is 9.59 Å². The molecule has 1 aliphatic heterocycles. The van der Waals surface area contributed by atoms with E-state index in [-0.39, 0.29) is 25.5 Å². The van der Waals surface area contributed by atoms with Gasteiger partial charge in [0.05, 0.1) is 6.42 Å². The molecule has 0 aliphatic carbocycles. The molecule has 0 saturated carbocycles. The van der Waals surface area contributed by atoms with Crippen molar-refractivity contribution >= 4 is 11.9 Å². The number of rotatable bonds is 6. The van der Waals surface area contributed by atoms with Gasteiger partial charge >= 0.3 is 5.97 Å². The Morgan fingerprint density at radius 1 is 1.29 bits per heavy atom. The van der Waals surface area contributed by atoms with E-state index < -0.39 is 11.5 Å². The van der Waals surface area contributed by atoms with Gasteiger partial charge in [0.25, 0.3) is 0 Å². The van der Waals surface area contributed by atoms with Crippen LogP contribution in [0.2, 0.25) is 0 Å². The van der Waals surface area contributed by atoms with Gasteiger partial charge in [-0.25, -0.2) is 0 Å². The Bertz CT molecular complexity index is 553. The highest BCUT2D eigenvalue weighted by atomic mass is 16.7. The van der Waals surface area contributed by atoms with E-state index >= 15 is 0 Å². The van der Waals surface area contributed by atoms with Crippen LogP contribution in [0.25, 0.3) is 0 Å². The first-order valence-electron chi connectivity index (χ1n) is 6.77. The van der Waals surface area contributed by atoms with Crippen LogP contribution in [0.4, 0.5) is 0 Å². The Balaban J connectivity index is 1.90.